The Balaban J connectivity index is 1.35. The Morgan fingerprint density at radius 1 is 1.14 bits per heavy atom. The summed E-state index contributed by atoms with van der Waals surface area (Å²) < 4.78 is 5.55. The number of benzene rings is 1. The van der Waals surface area contributed by atoms with E-state index < -0.39 is 5.91 Å². The number of morpholine rings is 1. The molecule has 0 spiro atoms. The molecule has 35 heavy (non-hydrogen) atoms. The molecule has 3 aliphatic rings. The van der Waals surface area contributed by atoms with E-state index in [1.807, 2.05) is 0 Å². The molecule has 0 bridgehead atoms. The summed E-state index contributed by atoms with van der Waals surface area (Å²) in [4.78, 5) is 28.6. The molecule has 2 aliphatic heterocycles. The van der Waals surface area contributed by atoms with Crippen LogP contribution in [0.25, 0.3) is 22.3 Å². The van der Waals surface area contributed by atoms with Crippen molar-refractivity contribution in [1.82, 2.24) is 25.2 Å². The maximum Gasteiger partial charge on any atom is 0.251 e. The number of carbonyl (C=O) groups excluding carboxylic acids is 1. The number of amides is 1. The number of primary amides is 1. The lowest BCUT2D eigenvalue weighted by atomic mass is 9.99. The Morgan fingerprint density at radius 3 is 2.63 bits per heavy atom. The molecule has 4 heterocycles. The molecule has 1 aromatic carbocycles. The molecule has 182 valence electrons. The summed E-state index contributed by atoms with van der Waals surface area (Å²) in [5.41, 5.74) is 10.2. The lowest BCUT2D eigenvalue weighted by molar-refractivity contribution is 0.00835. The van der Waals surface area contributed by atoms with Crippen molar-refractivity contribution < 1.29 is 9.53 Å². The second-order valence-electron chi connectivity index (χ2n) is 9.73. The van der Waals surface area contributed by atoms with Crippen LogP contribution in [0.2, 0.25) is 0 Å². The molecule has 4 N–H and O–H groups in total. The van der Waals surface area contributed by atoms with Crippen LogP contribution in [0.5, 0.6) is 0 Å². The number of aromatic nitrogens is 3. The minimum absolute atomic E-state index is 0.135. The molecule has 2 saturated heterocycles. The van der Waals surface area contributed by atoms with Crippen molar-refractivity contribution in [2.24, 2.45) is 5.73 Å². The Labute approximate surface area is 204 Å². The predicted octanol–water partition coefficient (Wildman–Crippen LogP) is 2.28. The summed E-state index contributed by atoms with van der Waals surface area (Å²) in [6, 6.07) is 10.6. The number of nitrogens with two attached hydrogens (primary N) is 1. The Hall–Kier alpha value is -3.14. The van der Waals surface area contributed by atoms with Crippen molar-refractivity contribution in [3.63, 3.8) is 0 Å². The Bertz CT molecular complexity index is 1230. The van der Waals surface area contributed by atoms with Crippen LogP contribution in [-0.4, -0.2) is 71.2 Å². The maximum absolute atomic E-state index is 12.4. The topological polar surface area (TPSA) is 118 Å². The average molecular weight is 474 g/mol. The summed E-state index contributed by atoms with van der Waals surface area (Å²) in [6.07, 6.45) is 5.96. The van der Waals surface area contributed by atoms with Crippen LogP contribution >= 0.6 is 0 Å². The second kappa shape index (κ2) is 9.14. The lowest BCUT2D eigenvalue weighted by Crippen LogP contribution is -2.43. The first kappa shape index (κ1) is 22.3. The molecule has 9 heteroatoms. The third kappa shape index (κ3) is 4.24. The van der Waals surface area contributed by atoms with Crippen molar-refractivity contribution in [2.45, 2.75) is 37.3 Å². The van der Waals surface area contributed by atoms with Crippen molar-refractivity contribution >= 4 is 22.8 Å². The fourth-order valence-electron chi connectivity index (χ4n) is 5.50. The van der Waals surface area contributed by atoms with Crippen molar-refractivity contribution in [3.8, 4) is 11.3 Å². The molecule has 1 aliphatic carbocycles. The Kier molecular flexibility index (Phi) is 5.83. The fourth-order valence-corrected chi connectivity index (χ4v) is 5.50. The number of pyridine rings is 1. The van der Waals surface area contributed by atoms with Gasteiger partial charge in [0.25, 0.3) is 5.91 Å². The number of hydrogen-bond acceptors (Lipinski definition) is 8. The van der Waals surface area contributed by atoms with Gasteiger partial charge in [0.05, 0.1) is 24.5 Å². The zero-order valence-corrected chi connectivity index (χ0v) is 19.8. The van der Waals surface area contributed by atoms with Gasteiger partial charge in [-0.05, 0) is 43.9 Å². The highest BCUT2D eigenvalue weighted by Crippen LogP contribution is 2.51. The lowest BCUT2D eigenvalue weighted by Gasteiger charge is -2.35. The van der Waals surface area contributed by atoms with Crippen LogP contribution in [-0.2, 0) is 10.3 Å². The van der Waals surface area contributed by atoms with Gasteiger partial charge in [0.15, 0.2) is 5.82 Å². The van der Waals surface area contributed by atoms with E-state index in [2.05, 4.69) is 49.8 Å². The molecular weight excluding hydrogens is 442 g/mol. The number of nitrogens with one attached hydrogen (secondary N) is 2. The summed E-state index contributed by atoms with van der Waals surface area (Å²) in [5.74, 6) is 0.109. The molecule has 1 amide bonds. The van der Waals surface area contributed by atoms with Crippen molar-refractivity contribution in [1.29, 1.82) is 0 Å². The summed E-state index contributed by atoms with van der Waals surface area (Å²) >= 11 is 0. The van der Waals surface area contributed by atoms with Crippen LogP contribution < -0.4 is 16.4 Å². The SMILES string of the molecule is NC(=O)c1cc(-c2ccc(C3(N4CCOCC4)CC3)cc2)nc2c(N[C@H]3CCCNC3)ncnc12. The van der Waals surface area contributed by atoms with E-state index in [1.165, 1.54) is 24.7 Å². The largest absolute Gasteiger partial charge is 0.379 e. The van der Waals surface area contributed by atoms with Gasteiger partial charge in [-0.1, -0.05) is 24.3 Å². The Morgan fingerprint density at radius 2 is 1.94 bits per heavy atom. The first-order valence-electron chi connectivity index (χ1n) is 12.5. The highest BCUT2D eigenvalue weighted by molar-refractivity contribution is 6.06. The zero-order chi connectivity index (χ0) is 23.8. The molecule has 1 saturated carbocycles. The smallest absolute Gasteiger partial charge is 0.251 e. The van der Waals surface area contributed by atoms with E-state index >= 15 is 0 Å². The van der Waals surface area contributed by atoms with E-state index in [1.54, 1.807) is 6.07 Å². The minimum atomic E-state index is -0.525. The van der Waals surface area contributed by atoms with Gasteiger partial charge in [-0.3, -0.25) is 9.69 Å². The molecule has 3 aromatic rings. The number of carbonyl (C=O) groups is 1. The fraction of sp³-hybridized carbons (Fsp3) is 0.462. The zero-order valence-electron chi connectivity index (χ0n) is 19.8. The second-order valence-corrected chi connectivity index (χ2v) is 9.73. The van der Waals surface area contributed by atoms with Gasteiger partial charge in [0.1, 0.15) is 17.4 Å². The van der Waals surface area contributed by atoms with Gasteiger partial charge in [-0.15, -0.1) is 0 Å². The van der Waals surface area contributed by atoms with E-state index in [9.17, 15) is 4.79 Å². The summed E-state index contributed by atoms with van der Waals surface area (Å²) in [5, 5.41) is 6.90. The van der Waals surface area contributed by atoms with Crippen LogP contribution in [0.15, 0.2) is 36.7 Å². The van der Waals surface area contributed by atoms with E-state index in [0.29, 0.717) is 28.1 Å². The van der Waals surface area contributed by atoms with Gasteiger partial charge in [0, 0.05) is 36.8 Å². The first-order chi connectivity index (χ1) is 17.1. The van der Waals surface area contributed by atoms with Crippen LogP contribution in [0.1, 0.15) is 41.6 Å². The maximum atomic E-state index is 12.4. The molecule has 3 fully saturated rings. The van der Waals surface area contributed by atoms with E-state index in [-0.39, 0.29) is 11.6 Å². The number of hydrogen-bond donors (Lipinski definition) is 3. The van der Waals surface area contributed by atoms with Gasteiger partial charge in [-0.2, -0.15) is 0 Å². The van der Waals surface area contributed by atoms with Crippen LogP contribution in [0.3, 0.4) is 0 Å². The van der Waals surface area contributed by atoms with E-state index in [4.69, 9.17) is 15.5 Å². The monoisotopic (exact) mass is 473 g/mol. The molecule has 9 nitrogen and oxygen atoms in total. The highest BCUT2D eigenvalue weighted by atomic mass is 16.5. The highest BCUT2D eigenvalue weighted by Gasteiger charge is 2.49. The normalized spacial score (nSPS) is 22.1. The number of rotatable bonds is 6. The van der Waals surface area contributed by atoms with Crippen LogP contribution in [0, 0.1) is 0 Å². The third-order valence-corrected chi connectivity index (χ3v) is 7.55. The summed E-state index contributed by atoms with van der Waals surface area (Å²) in [6.45, 7) is 5.43. The number of piperidine rings is 1. The van der Waals surface area contributed by atoms with Gasteiger partial charge < -0.3 is 21.1 Å². The van der Waals surface area contributed by atoms with Gasteiger partial charge >= 0.3 is 0 Å². The molecular formula is C26H31N7O2. The number of ether oxygens (including phenoxy) is 1. The quantitative estimate of drug-likeness (QED) is 0.499. The molecule has 6 rings (SSSR count). The molecule has 2 aromatic heterocycles. The van der Waals surface area contributed by atoms with Gasteiger partial charge in [-0.25, -0.2) is 15.0 Å². The average Bonchev–Trinajstić information content (AvgIpc) is 3.72. The minimum Gasteiger partial charge on any atom is -0.379 e. The molecule has 0 radical (unpaired) electrons. The summed E-state index contributed by atoms with van der Waals surface area (Å²) in [7, 11) is 0. The van der Waals surface area contributed by atoms with E-state index in [0.717, 1.165) is 57.8 Å². The predicted molar refractivity (Wildman–Crippen MR) is 134 cm³/mol. The standard InChI is InChI=1S/C26H31N7O2/c27-24(34)20-14-21(32-23-22(20)29-16-30-25(23)31-19-2-1-9-28-15-19)17-3-5-18(6-4-17)26(7-8-26)33-10-12-35-13-11-33/h3-6,14,16,19,28H,1-2,7-13,15H2,(H2,27,34)(H,29,30,31)/t19-/m0/s1. The number of nitrogens with zero attached hydrogens (tertiary/aromatic N) is 4. The third-order valence-electron chi connectivity index (χ3n) is 7.55. The first-order valence-corrected chi connectivity index (χ1v) is 12.5. The van der Waals surface area contributed by atoms with Gasteiger partial charge in [0.2, 0.25) is 0 Å². The number of anilines is 1. The molecule has 0 unspecified atom stereocenters. The molecule has 1 atom stereocenters. The van der Waals surface area contributed by atoms with Crippen molar-refractivity contribution in [2.75, 3.05) is 44.7 Å². The van der Waals surface area contributed by atoms with Crippen molar-refractivity contribution in [3.05, 3.63) is 47.8 Å². The van der Waals surface area contributed by atoms with Crippen LogP contribution in [0.4, 0.5) is 5.82 Å². The number of fused-ring (bicyclic) bond motifs is 1.